The van der Waals surface area contributed by atoms with Crippen LogP contribution in [-0.2, 0) is 11.2 Å². The number of anilines is 1. The minimum atomic E-state index is 0.627. The molecule has 0 bridgehead atoms. The molecule has 0 atom stereocenters. The normalized spacial score (nSPS) is 15.7. The summed E-state index contributed by atoms with van der Waals surface area (Å²) >= 11 is 0. The van der Waals surface area contributed by atoms with E-state index in [0.29, 0.717) is 5.89 Å². The fourth-order valence-electron chi connectivity index (χ4n) is 3.57. The monoisotopic (exact) mass is 336 g/mol. The Morgan fingerprint density at radius 1 is 1.08 bits per heavy atom. The Kier molecular flexibility index (Phi) is 4.70. The first kappa shape index (κ1) is 16.2. The van der Waals surface area contributed by atoms with Crippen molar-refractivity contribution in [3.05, 3.63) is 48.0 Å². The number of nitrogens with zero attached hydrogens (tertiary/aromatic N) is 1. The van der Waals surface area contributed by atoms with Gasteiger partial charge in [0, 0.05) is 24.5 Å². The molecule has 25 heavy (non-hydrogen) atoms. The van der Waals surface area contributed by atoms with Gasteiger partial charge in [0.05, 0.1) is 0 Å². The standard InChI is InChI=1S/C21H24N2O2/c22-18-14-17(21-23-19-6-1-2-7-20(19)25-21)9-8-16(18)5-3-4-15-10-12-24-13-11-15/h1-2,6-9,14-15H,3-5,10-13,22H2. The lowest BCUT2D eigenvalue weighted by Crippen LogP contribution is -2.15. The van der Waals surface area contributed by atoms with Gasteiger partial charge < -0.3 is 14.9 Å². The van der Waals surface area contributed by atoms with Crippen molar-refractivity contribution in [3.8, 4) is 11.5 Å². The zero-order chi connectivity index (χ0) is 17.1. The molecule has 3 aromatic rings. The number of fused-ring (bicyclic) bond motifs is 1. The maximum atomic E-state index is 6.28. The van der Waals surface area contributed by atoms with Crippen molar-refractivity contribution in [1.82, 2.24) is 4.98 Å². The molecule has 0 aliphatic carbocycles. The molecule has 0 amide bonds. The van der Waals surface area contributed by atoms with Crippen LogP contribution in [0, 0.1) is 5.92 Å². The minimum Gasteiger partial charge on any atom is -0.436 e. The largest absolute Gasteiger partial charge is 0.436 e. The third kappa shape index (κ3) is 3.69. The van der Waals surface area contributed by atoms with Crippen molar-refractivity contribution in [1.29, 1.82) is 0 Å². The molecule has 130 valence electrons. The van der Waals surface area contributed by atoms with E-state index in [0.717, 1.165) is 47.9 Å². The van der Waals surface area contributed by atoms with Crippen LogP contribution in [0.15, 0.2) is 46.9 Å². The second-order valence-corrected chi connectivity index (χ2v) is 6.85. The summed E-state index contributed by atoms with van der Waals surface area (Å²) in [5.41, 5.74) is 10.9. The highest BCUT2D eigenvalue weighted by atomic mass is 16.5. The van der Waals surface area contributed by atoms with Gasteiger partial charge in [0.1, 0.15) is 5.52 Å². The van der Waals surface area contributed by atoms with Crippen LogP contribution in [0.25, 0.3) is 22.6 Å². The molecule has 2 N–H and O–H groups in total. The number of aryl methyl sites for hydroxylation is 1. The van der Waals surface area contributed by atoms with Crippen LogP contribution in [0.1, 0.15) is 31.2 Å². The fraction of sp³-hybridized carbons (Fsp3) is 0.381. The molecule has 1 aliphatic rings. The van der Waals surface area contributed by atoms with E-state index in [2.05, 4.69) is 17.1 Å². The summed E-state index contributed by atoms with van der Waals surface area (Å²) in [6.07, 6.45) is 5.86. The van der Waals surface area contributed by atoms with Crippen molar-refractivity contribution in [2.75, 3.05) is 18.9 Å². The summed E-state index contributed by atoms with van der Waals surface area (Å²) in [5, 5.41) is 0. The maximum absolute atomic E-state index is 6.28. The molecule has 0 radical (unpaired) electrons. The van der Waals surface area contributed by atoms with Crippen LogP contribution in [0.4, 0.5) is 5.69 Å². The number of hydrogen-bond acceptors (Lipinski definition) is 4. The van der Waals surface area contributed by atoms with Gasteiger partial charge in [-0.2, -0.15) is 0 Å². The number of hydrogen-bond donors (Lipinski definition) is 1. The molecular weight excluding hydrogens is 312 g/mol. The number of nitrogen functional groups attached to an aromatic ring is 1. The van der Waals surface area contributed by atoms with Crippen molar-refractivity contribution >= 4 is 16.8 Å². The summed E-state index contributed by atoms with van der Waals surface area (Å²) in [6.45, 7) is 1.85. The van der Waals surface area contributed by atoms with Gasteiger partial charge in [0.15, 0.2) is 5.58 Å². The number of benzene rings is 2. The third-order valence-electron chi connectivity index (χ3n) is 5.09. The van der Waals surface area contributed by atoms with Gasteiger partial charge in [0.25, 0.3) is 0 Å². The zero-order valence-electron chi connectivity index (χ0n) is 14.4. The van der Waals surface area contributed by atoms with E-state index >= 15 is 0 Å². The van der Waals surface area contributed by atoms with E-state index in [1.807, 2.05) is 30.3 Å². The third-order valence-corrected chi connectivity index (χ3v) is 5.09. The Labute approximate surface area is 148 Å². The Morgan fingerprint density at radius 2 is 1.92 bits per heavy atom. The van der Waals surface area contributed by atoms with Gasteiger partial charge >= 0.3 is 0 Å². The SMILES string of the molecule is Nc1cc(-c2nc3ccccc3o2)ccc1CCCC1CCOCC1. The molecule has 4 heteroatoms. The molecule has 4 rings (SSSR count). The Morgan fingerprint density at radius 3 is 2.72 bits per heavy atom. The smallest absolute Gasteiger partial charge is 0.227 e. The molecule has 1 saturated heterocycles. The van der Waals surface area contributed by atoms with E-state index in [9.17, 15) is 0 Å². The molecule has 1 aromatic heterocycles. The number of nitrogens with two attached hydrogens (primary N) is 1. The van der Waals surface area contributed by atoms with E-state index in [1.165, 1.54) is 31.2 Å². The quantitative estimate of drug-likeness (QED) is 0.678. The first-order valence-corrected chi connectivity index (χ1v) is 9.12. The van der Waals surface area contributed by atoms with Crippen molar-refractivity contribution in [2.24, 2.45) is 5.92 Å². The number of para-hydroxylation sites is 2. The fourth-order valence-corrected chi connectivity index (χ4v) is 3.57. The Bertz CT molecular complexity index is 817. The molecule has 0 saturated carbocycles. The number of oxazole rings is 1. The van der Waals surface area contributed by atoms with Gasteiger partial charge in [-0.3, -0.25) is 0 Å². The average molecular weight is 336 g/mol. The highest BCUT2D eigenvalue weighted by molar-refractivity contribution is 5.76. The Hall–Kier alpha value is -2.33. The first-order valence-electron chi connectivity index (χ1n) is 9.12. The minimum absolute atomic E-state index is 0.627. The molecule has 1 fully saturated rings. The van der Waals surface area contributed by atoms with E-state index in [1.54, 1.807) is 0 Å². The van der Waals surface area contributed by atoms with Gasteiger partial charge in [-0.15, -0.1) is 0 Å². The summed E-state index contributed by atoms with van der Waals surface area (Å²) in [7, 11) is 0. The van der Waals surface area contributed by atoms with E-state index in [-0.39, 0.29) is 0 Å². The summed E-state index contributed by atoms with van der Waals surface area (Å²) < 4.78 is 11.3. The van der Waals surface area contributed by atoms with Crippen molar-refractivity contribution < 1.29 is 9.15 Å². The predicted molar refractivity (Wildman–Crippen MR) is 100 cm³/mol. The van der Waals surface area contributed by atoms with Gasteiger partial charge in [-0.05, 0) is 67.9 Å². The van der Waals surface area contributed by atoms with Crippen LogP contribution in [0.2, 0.25) is 0 Å². The van der Waals surface area contributed by atoms with E-state index in [4.69, 9.17) is 14.9 Å². The summed E-state index contributed by atoms with van der Waals surface area (Å²) in [5.74, 6) is 1.44. The zero-order valence-corrected chi connectivity index (χ0v) is 14.4. The summed E-state index contributed by atoms with van der Waals surface area (Å²) in [6, 6.07) is 14.0. The highest BCUT2D eigenvalue weighted by Crippen LogP contribution is 2.28. The van der Waals surface area contributed by atoms with Gasteiger partial charge in [-0.25, -0.2) is 4.98 Å². The van der Waals surface area contributed by atoms with Crippen LogP contribution >= 0.6 is 0 Å². The molecule has 2 heterocycles. The average Bonchev–Trinajstić information content (AvgIpc) is 3.08. The highest BCUT2D eigenvalue weighted by Gasteiger charge is 2.14. The number of ether oxygens (including phenoxy) is 1. The predicted octanol–water partition coefficient (Wildman–Crippen LogP) is 4.83. The topological polar surface area (TPSA) is 61.3 Å². The maximum Gasteiger partial charge on any atom is 0.227 e. The van der Waals surface area contributed by atoms with Crippen LogP contribution in [0.5, 0.6) is 0 Å². The Balaban J connectivity index is 1.43. The van der Waals surface area contributed by atoms with E-state index < -0.39 is 0 Å². The van der Waals surface area contributed by atoms with Crippen LogP contribution in [-0.4, -0.2) is 18.2 Å². The lowest BCUT2D eigenvalue weighted by atomic mass is 9.92. The molecule has 1 aliphatic heterocycles. The molecule has 4 nitrogen and oxygen atoms in total. The van der Waals surface area contributed by atoms with Crippen molar-refractivity contribution in [3.63, 3.8) is 0 Å². The number of rotatable bonds is 5. The number of aromatic nitrogens is 1. The second kappa shape index (κ2) is 7.28. The molecule has 0 spiro atoms. The molecule has 0 unspecified atom stereocenters. The van der Waals surface area contributed by atoms with Crippen molar-refractivity contribution in [2.45, 2.75) is 32.1 Å². The summed E-state index contributed by atoms with van der Waals surface area (Å²) in [4.78, 5) is 4.54. The second-order valence-electron chi connectivity index (χ2n) is 6.85. The lowest BCUT2D eigenvalue weighted by molar-refractivity contribution is 0.0633. The molecule has 2 aromatic carbocycles. The van der Waals surface area contributed by atoms with Crippen LogP contribution in [0.3, 0.4) is 0 Å². The first-order chi connectivity index (χ1) is 12.3. The van der Waals surface area contributed by atoms with Gasteiger partial charge in [0.2, 0.25) is 5.89 Å². The molecular formula is C21H24N2O2. The lowest BCUT2D eigenvalue weighted by Gasteiger charge is -2.21. The van der Waals surface area contributed by atoms with Gasteiger partial charge in [-0.1, -0.05) is 18.2 Å². The van der Waals surface area contributed by atoms with Crippen LogP contribution < -0.4 is 5.73 Å².